The van der Waals surface area contributed by atoms with Crippen molar-refractivity contribution in [3.8, 4) is 39.3 Å². The van der Waals surface area contributed by atoms with Crippen LogP contribution in [0.2, 0.25) is 0 Å². The molecule has 0 bridgehead atoms. The summed E-state index contributed by atoms with van der Waals surface area (Å²) in [4.78, 5) is 4.95. The molecule has 1 aromatic heterocycles. The van der Waals surface area contributed by atoms with Crippen molar-refractivity contribution in [3.05, 3.63) is 121 Å². The Morgan fingerprint density at radius 1 is 0.515 bits per heavy atom. The monoisotopic (exact) mass is 423 g/mol. The van der Waals surface area contributed by atoms with E-state index in [1.54, 1.807) is 6.07 Å². The molecule has 156 valence electrons. The molecule has 0 unspecified atom stereocenters. The van der Waals surface area contributed by atoms with Crippen molar-refractivity contribution in [2.75, 3.05) is 0 Å². The van der Waals surface area contributed by atoms with Crippen LogP contribution in [0.15, 0.2) is 121 Å². The highest BCUT2D eigenvalue weighted by atomic mass is 16.3. The zero-order chi connectivity index (χ0) is 22.2. The summed E-state index contributed by atoms with van der Waals surface area (Å²) in [5.74, 6) is 0.289. The van der Waals surface area contributed by atoms with Gasteiger partial charge in [0.25, 0.3) is 0 Å². The lowest BCUT2D eigenvalue weighted by atomic mass is 9.95. The van der Waals surface area contributed by atoms with Crippen molar-refractivity contribution in [1.29, 1.82) is 0 Å². The van der Waals surface area contributed by atoms with Gasteiger partial charge < -0.3 is 5.11 Å². The third-order valence-electron chi connectivity index (χ3n) is 6.18. The van der Waals surface area contributed by atoms with Crippen LogP contribution < -0.4 is 0 Å². The average molecular weight is 424 g/mol. The standard InChI is InChI=1S/C31H21NO/c33-30-19-18-22-10-4-5-11-25(22)31(30)24-16-14-23(15-17-24)29-20-27(21-8-2-1-3-9-21)26-12-6-7-13-28(26)32-29/h1-20,33H. The Kier molecular flexibility index (Phi) is 4.63. The number of nitrogens with zero attached hydrogens (tertiary/aromatic N) is 1. The SMILES string of the molecule is Oc1ccc2ccccc2c1-c1ccc(-c2cc(-c3ccccc3)c3ccccc3n2)cc1. The minimum absolute atomic E-state index is 0.289. The summed E-state index contributed by atoms with van der Waals surface area (Å²) in [6.45, 7) is 0. The summed E-state index contributed by atoms with van der Waals surface area (Å²) >= 11 is 0. The van der Waals surface area contributed by atoms with Crippen LogP contribution in [0.4, 0.5) is 0 Å². The van der Waals surface area contributed by atoms with Crippen molar-refractivity contribution >= 4 is 21.7 Å². The fourth-order valence-corrected chi connectivity index (χ4v) is 4.55. The molecule has 0 atom stereocenters. The van der Waals surface area contributed by atoms with E-state index >= 15 is 0 Å². The summed E-state index contributed by atoms with van der Waals surface area (Å²) in [5.41, 5.74) is 7.14. The Bertz CT molecular complexity index is 1600. The molecular formula is C31H21NO. The van der Waals surface area contributed by atoms with E-state index in [9.17, 15) is 5.11 Å². The topological polar surface area (TPSA) is 33.1 Å². The van der Waals surface area contributed by atoms with Gasteiger partial charge in [-0.3, -0.25) is 0 Å². The molecule has 0 aliphatic carbocycles. The molecule has 0 spiro atoms. The summed E-state index contributed by atoms with van der Waals surface area (Å²) < 4.78 is 0. The molecule has 2 heteroatoms. The van der Waals surface area contributed by atoms with Crippen LogP contribution in [0.25, 0.3) is 55.2 Å². The fourth-order valence-electron chi connectivity index (χ4n) is 4.55. The lowest BCUT2D eigenvalue weighted by Gasteiger charge is -2.12. The van der Waals surface area contributed by atoms with Gasteiger partial charge in [0.2, 0.25) is 0 Å². The van der Waals surface area contributed by atoms with Gasteiger partial charge in [-0.05, 0) is 45.7 Å². The highest BCUT2D eigenvalue weighted by molar-refractivity contribution is 6.00. The number of phenolic OH excluding ortho intramolecular Hbond substituents is 1. The number of phenols is 1. The molecule has 0 aliphatic heterocycles. The van der Waals surface area contributed by atoms with Crippen molar-refractivity contribution in [1.82, 2.24) is 4.98 Å². The minimum atomic E-state index is 0.289. The van der Waals surface area contributed by atoms with Gasteiger partial charge in [-0.25, -0.2) is 4.98 Å². The summed E-state index contributed by atoms with van der Waals surface area (Å²) in [6, 6.07) is 41.0. The van der Waals surface area contributed by atoms with E-state index in [-0.39, 0.29) is 5.75 Å². The molecule has 33 heavy (non-hydrogen) atoms. The molecule has 0 saturated carbocycles. The van der Waals surface area contributed by atoms with E-state index in [1.807, 2.05) is 30.3 Å². The number of aromatic hydroxyl groups is 1. The van der Waals surface area contributed by atoms with E-state index in [4.69, 9.17) is 4.98 Å². The summed E-state index contributed by atoms with van der Waals surface area (Å²) in [7, 11) is 0. The van der Waals surface area contributed by atoms with E-state index in [1.165, 1.54) is 11.1 Å². The maximum Gasteiger partial charge on any atom is 0.124 e. The van der Waals surface area contributed by atoms with Crippen molar-refractivity contribution in [2.45, 2.75) is 0 Å². The van der Waals surface area contributed by atoms with Gasteiger partial charge in [0.15, 0.2) is 0 Å². The Balaban J connectivity index is 1.49. The van der Waals surface area contributed by atoms with E-state index in [0.29, 0.717) is 0 Å². The second-order valence-corrected chi connectivity index (χ2v) is 8.20. The Labute approximate surface area is 192 Å². The number of benzene rings is 5. The molecule has 1 heterocycles. The number of fused-ring (bicyclic) bond motifs is 2. The number of hydrogen-bond acceptors (Lipinski definition) is 2. The largest absolute Gasteiger partial charge is 0.507 e. The molecule has 0 aliphatic rings. The van der Waals surface area contributed by atoms with Gasteiger partial charge in [0.1, 0.15) is 5.75 Å². The summed E-state index contributed by atoms with van der Waals surface area (Å²) in [5, 5.41) is 13.9. The predicted molar refractivity (Wildman–Crippen MR) is 137 cm³/mol. The first-order chi connectivity index (χ1) is 16.3. The fraction of sp³-hybridized carbons (Fsp3) is 0. The van der Waals surface area contributed by atoms with Crippen LogP contribution in [-0.2, 0) is 0 Å². The highest BCUT2D eigenvalue weighted by Crippen LogP contribution is 2.38. The van der Waals surface area contributed by atoms with Crippen LogP contribution >= 0.6 is 0 Å². The lowest BCUT2D eigenvalue weighted by molar-refractivity contribution is 0.478. The van der Waals surface area contributed by atoms with Crippen LogP contribution in [0.3, 0.4) is 0 Å². The lowest BCUT2D eigenvalue weighted by Crippen LogP contribution is -1.90. The van der Waals surface area contributed by atoms with Crippen LogP contribution in [-0.4, -0.2) is 10.1 Å². The van der Waals surface area contributed by atoms with E-state index in [2.05, 4.69) is 84.9 Å². The number of hydrogen-bond donors (Lipinski definition) is 1. The molecule has 0 saturated heterocycles. The Morgan fingerprint density at radius 2 is 1.18 bits per heavy atom. The molecular weight excluding hydrogens is 402 g/mol. The van der Waals surface area contributed by atoms with E-state index < -0.39 is 0 Å². The van der Waals surface area contributed by atoms with Gasteiger partial charge in [-0.1, -0.05) is 103 Å². The second kappa shape index (κ2) is 7.92. The molecule has 0 fully saturated rings. The molecule has 2 nitrogen and oxygen atoms in total. The first-order valence-electron chi connectivity index (χ1n) is 11.0. The zero-order valence-corrected chi connectivity index (χ0v) is 17.9. The van der Waals surface area contributed by atoms with Crippen molar-refractivity contribution in [3.63, 3.8) is 0 Å². The maximum atomic E-state index is 10.6. The molecule has 6 rings (SSSR count). The van der Waals surface area contributed by atoms with Gasteiger partial charge in [0, 0.05) is 16.5 Å². The van der Waals surface area contributed by atoms with Crippen LogP contribution in [0, 0.1) is 0 Å². The molecule has 0 radical (unpaired) electrons. The molecule has 5 aromatic carbocycles. The molecule has 6 aromatic rings. The van der Waals surface area contributed by atoms with Crippen molar-refractivity contribution < 1.29 is 5.11 Å². The number of para-hydroxylation sites is 1. The Hall–Kier alpha value is -4.43. The zero-order valence-electron chi connectivity index (χ0n) is 17.9. The Morgan fingerprint density at radius 3 is 2.00 bits per heavy atom. The number of rotatable bonds is 3. The molecule has 1 N–H and O–H groups in total. The van der Waals surface area contributed by atoms with Gasteiger partial charge in [0.05, 0.1) is 11.2 Å². The predicted octanol–water partition coefficient (Wildman–Crippen LogP) is 8.09. The first kappa shape index (κ1) is 19.3. The normalized spacial score (nSPS) is 11.2. The second-order valence-electron chi connectivity index (χ2n) is 8.20. The van der Waals surface area contributed by atoms with Crippen LogP contribution in [0.1, 0.15) is 0 Å². The third kappa shape index (κ3) is 3.42. The van der Waals surface area contributed by atoms with Crippen LogP contribution in [0.5, 0.6) is 5.75 Å². The van der Waals surface area contributed by atoms with E-state index in [0.717, 1.165) is 44.1 Å². The molecule has 0 amide bonds. The van der Waals surface area contributed by atoms with Gasteiger partial charge in [-0.15, -0.1) is 0 Å². The third-order valence-corrected chi connectivity index (χ3v) is 6.18. The number of pyridine rings is 1. The smallest absolute Gasteiger partial charge is 0.124 e. The number of aromatic nitrogens is 1. The first-order valence-corrected chi connectivity index (χ1v) is 11.0. The van der Waals surface area contributed by atoms with Gasteiger partial charge >= 0.3 is 0 Å². The average Bonchev–Trinajstić information content (AvgIpc) is 2.89. The summed E-state index contributed by atoms with van der Waals surface area (Å²) in [6.07, 6.45) is 0. The van der Waals surface area contributed by atoms with Gasteiger partial charge in [-0.2, -0.15) is 0 Å². The highest BCUT2D eigenvalue weighted by Gasteiger charge is 2.12. The maximum absolute atomic E-state index is 10.6. The minimum Gasteiger partial charge on any atom is -0.507 e. The quantitative estimate of drug-likeness (QED) is 0.312. The van der Waals surface area contributed by atoms with Crippen molar-refractivity contribution in [2.24, 2.45) is 0 Å².